The maximum absolute atomic E-state index is 11.7. The molecule has 0 aliphatic rings. The summed E-state index contributed by atoms with van der Waals surface area (Å²) in [5.74, 6) is 0. The van der Waals surface area contributed by atoms with E-state index in [-0.39, 0.29) is 5.56 Å². The molecule has 0 radical (unpaired) electrons. The molecule has 0 saturated heterocycles. The van der Waals surface area contributed by atoms with Gasteiger partial charge in [0, 0.05) is 25.1 Å². The van der Waals surface area contributed by atoms with Gasteiger partial charge in [0.25, 0.3) is 5.56 Å². The van der Waals surface area contributed by atoms with Gasteiger partial charge >= 0.3 is 0 Å². The summed E-state index contributed by atoms with van der Waals surface area (Å²) in [6.07, 6.45) is 5.36. The maximum atomic E-state index is 11.7. The van der Waals surface area contributed by atoms with Gasteiger partial charge in [-0.2, -0.15) is 0 Å². The summed E-state index contributed by atoms with van der Waals surface area (Å²) >= 11 is 5.87. The lowest BCUT2D eigenvalue weighted by Crippen LogP contribution is -2.19. The number of nitrogens with zero attached hydrogens (tertiary/aromatic N) is 2. The average molecular weight is 197 g/mol. The molecule has 0 N–H and O–H groups in total. The highest BCUT2D eigenvalue weighted by molar-refractivity contribution is 6.33. The number of aromatic nitrogens is 2. The van der Waals surface area contributed by atoms with Crippen molar-refractivity contribution in [2.24, 2.45) is 0 Å². The van der Waals surface area contributed by atoms with Crippen molar-refractivity contribution < 1.29 is 0 Å². The van der Waals surface area contributed by atoms with E-state index in [0.717, 1.165) is 0 Å². The van der Waals surface area contributed by atoms with Gasteiger partial charge < -0.3 is 8.97 Å². The van der Waals surface area contributed by atoms with Crippen LogP contribution in [0.1, 0.15) is 6.92 Å². The summed E-state index contributed by atoms with van der Waals surface area (Å²) in [6.45, 7) is 2.59. The van der Waals surface area contributed by atoms with Gasteiger partial charge in [-0.25, -0.2) is 0 Å². The Morgan fingerprint density at radius 2 is 2.15 bits per heavy atom. The Balaban J connectivity index is 2.92. The quantitative estimate of drug-likeness (QED) is 0.683. The molecule has 2 aromatic rings. The first-order chi connectivity index (χ1) is 6.24. The van der Waals surface area contributed by atoms with Crippen LogP contribution < -0.4 is 5.56 Å². The van der Waals surface area contributed by atoms with E-state index in [0.29, 0.717) is 17.1 Å². The summed E-state index contributed by atoms with van der Waals surface area (Å²) in [4.78, 5) is 11.7. The van der Waals surface area contributed by atoms with E-state index in [2.05, 4.69) is 0 Å². The van der Waals surface area contributed by atoms with Crippen LogP contribution in [-0.4, -0.2) is 8.97 Å². The van der Waals surface area contributed by atoms with Crippen molar-refractivity contribution >= 4 is 17.1 Å². The molecule has 0 spiro atoms. The van der Waals surface area contributed by atoms with Gasteiger partial charge in [-0.15, -0.1) is 0 Å². The zero-order valence-electron chi connectivity index (χ0n) is 7.20. The van der Waals surface area contributed by atoms with E-state index in [1.165, 1.54) is 0 Å². The van der Waals surface area contributed by atoms with Crippen LogP contribution in [0.15, 0.2) is 29.5 Å². The van der Waals surface area contributed by atoms with E-state index < -0.39 is 0 Å². The molecule has 0 aromatic carbocycles. The summed E-state index contributed by atoms with van der Waals surface area (Å²) < 4.78 is 3.36. The third-order valence-corrected chi connectivity index (χ3v) is 2.38. The Morgan fingerprint density at radius 1 is 1.38 bits per heavy atom. The van der Waals surface area contributed by atoms with E-state index in [1.54, 1.807) is 27.4 Å². The van der Waals surface area contributed by atoms with Gasteiger partial charge in [-0.05, 0) is 13.0 Å². The topological polar surface area (TPSA) is 26.4 Å². The fourth-order valence-electron chi connectivity index (χ4n) is 1.36. The van der Waals surface area contributed by atoms with E-state index >= 15 is 0 Å². The summed E-state index contributed by atoms with van der Waals surface area (Å²) in [5, 5.41) is 0.507. The van der Waals surface area contributed by atoms with Gasteiger partial charge in [0.1, 0.15) is 5.52 Å². The number of hydrogen-bond donors (Lipinski definition) is 0. The summed E-state index contributed by atoms with van der Waals surface area (Å²) in [5.41, 5.74) is 0.506. The fourth-order valence-corrected chi connectivity index (χ4v) is 1.60. The molecular formula is C9H9ClN2O. The molecule has 0 bridgehead atoms. The summed E-state index contributed by atoms with van der Waals surface area (Å²) in [7, 11) is 0. The van der Waals surface area contributed by atoms with E-state index in [4.69, 9.17) is 11.6 Å². The largest absolute Gasteiger partial charge is 0.316 e. The molecule has 0 saturated carbocycles. The number of halogens is 1. The third-order valence-electron chi connectivity index (χ3n) is 2.08. The minimum Gasteiger partial charge on any atom is -0.316 e. The van der Waals surface area contributed by atoms with Gasteiger partial charge in [-0.1, -0.05) is 11.6 Å². The normalized spacial score (nSPS) is 10.9. The molecule has 2 rings (SSSR count). The Labute approximate surface area is 80.2 Å². The molecular weight excluding hydrogens is 188 g/mol. The van der Waals surface area contributed by atoms with Crippen molar-refractivity contribution in [2.75, 3.05) is 0 Å². The lowest BCUT2D eigenvalue weighted by molar-refractivity contribution is 0.722. The minimum absolute atomic E-state index is 0.0417. The Hall–Kier alpha value is -1.22. The van der Waals surface area contributed by atoms with Crippen LogP contribution in [0.4, 0.5) is 0 Å². The third kappa shape index (κ3) is 1.16. The molecule has 0 unspecified atom stereocenters. The maximum Gasteiger partial charge on any atom is 0.276 e. The van der Waals surface area contributed by atoms with Crippen LogP contribution >= 0.6 is 11.6 Å². The average Bonchev–Trinajstić information content (AvgIpc) is 2.49. The fraction of sp³-hybridized carbons (Fsp3) is 0.222. The molecule has 0 aliphatic heterocycles. The second kappa shape index (κ2) is 2.92. The summed E-state index contributed by atoms with van der Waals surface area (Å²) in [6, 6.07) is 1.72. The monoisotopic (exact) mass is 196 g/mol. The molecule has 0 atom stereocenters. The van der Waals surface area contributed by atoms with Gasteiger partial charge in [-0.3, -0.25) is 4.79 Å². The van der Waals surface area contributed by atoms with Crippen molar-refractivity contribution in [2.45, 2.75) is 13.5 Å². The van der Waals surface area contributed by atoms with Crippen molar-refractivity contribution in [1.29, 1.82) is 0 Å². The van der Waals surface area contributed by atoms with Crippen LogP contribution in [0.25, 0.3) is 5.52 Å². The number of rotatable bonds is 1. The second-order valence-electron chi connectivity index (χ2n) is 2.81. The molecule has 13 heavy (non-hydrogen) atoms. The lowest BCUT2D eigenvalue weighted by Gasteiger charge is -2.01. The van der Waals surface area contributed by atoms with Crippen molar-refractivity contribution in [3.8, 4) is 0 Å². The van der Waals surface area contributed by atoms with E-state index in [9.17, 15) is 4.79 Å². The van der Waals surface area contributed by atoms with Crippen molar-refractivity contribution in [1.82, 2.24) is 8.97 Å². The smallest absolute Gasteiger partial charge is 0.276 e. The van der Waals surface area contributed by atoms with Crippen molar-refractivity contribution in [3.05, 3.63) is 40.0 Å². The molecule has 4 heteroatoms. The van der Waals surface area contributed by atoms with Gasteiger partial charge in [0.15, 0.2) is 0 Å². The number of hydrogen-bond acceptors (Lipinski definition) is 1. The van der Waals surface area contributed by atoms with E-state index in [1.807, 2.05) is 13.1 Å². The van der Waals surface area contributed by atoms with Gasteiger partial charge in [0.2, 0.25) is 0 Å². The second-order valence-corrected chi connectivity index (χ2v) is 3.22. The molecule has 3 nitrogen and oxygen atoms in total. The highest BCUT2D eigenvalue weighted by atomic mass is 35.5. The Kier molecular flexibility index (Phi) is 1.88. The highest BCUT2D eigenvalue weighted by Gasteiger charge is 2.05. The lowest BCUT2D eigenvalue weighted by atomic mass is 10.5. The zero-order valence-corrected chi connectivity index (χ0v) is 7.95. The SMILES string of the molecule is CCn1ccn2ccc(Cl)c2c1=O. The predicted octanol–water partition coefficient (Wildman–Crippen LogP) is 1.77. The number of aryl methyl sites for hydroxylation is 1. The first-order valence-corrected chi connectivity index (χ1v) is 4.47. The molecule has 2 aromatic heterocycles. The Bertz CT molecular complexity index is 498. The first kappa shape index (κ1) is 8.38. The molecule has 0 fully saturated rings. The standard InChI is InChI=1S/C9H9ClN2O/c1-2-11-5-6-12-4-3-7(10)8(12)9(11)13/h3-6H,2H2,1H3. The number of fused-ring (bicyclic) bond motifs is 1. The first-order valence-electron chi connectivity index (χ1n) is 4.09. The van der Waals surface area contributed by atoms with Crippen LogP contribution in [-0.2, 0) is 6.54 Å². The Morgan fingerprint density at radius 3 is 2.85 bits per heavy atom. The van der Waals surface area contributed by atoms with Gasteiger partial charge in [0.05, 0.1) is 5.02 Å². The highest BCUT2D eigenvalue weighted by Crippen LogP contribution is 2.13. The predicted molar refractivity (Wildman–Crippen MR) is 52.3 cm³/mol. The van der Waals surface area contributed by atoms with Crippen LogP contribution in [0.2, 0.25) is 5.02 Å². The molecule has 2 heterocycles. The van der Waals surface area contributed by atoms with Crippen LogP contribution in [0.3, 0.4) is 0 Å². The minimum atomic E-state index is -0.0417. The molecule has 68 valence electrons. The molecule has 0 amide bonds. The van der Waals surface area contributed by atoms with Crippen molar-refractivity contribution in [3.63, 3.8) is 0 Å². The van der Waals surface area contributed by atoms with Crippen LogP contribution in [0, 0.1) is 0 Å². The molecule has 0 aliphatic carbocycles. The van der Waals surface area contributed by atoms with Crippen LogP contribution in [0.5, 0.6) is 0 Å². The zero-order chi connectivity index (χ0) is 9.42.